The lowest BCUT2D eigenvalue weighted by atomic mass is 9.83. The zero-order valence-electron chi connectivity index (χ0n) is 20.8. The second-order valence-electron chi connectivity index (χ2n) is 9.61. The first-order valence-corrected chi connectivity index (χ1v) is 12.8. The molecule has 0 atom stereocenters. The van der Waals surface area contributed by atoms with Crippen LogP contribution in [0.25, 0.3) is 22.3 Å². The summed E-state index contributed by atoms with van der Waals surface area (Å²) >= 11 is 0. The molecule has 3 aromatic rings. The molecule has 0 radical (unpaired) electrons. The van der Waals surface area contributed by atoms with Crippen LogP contribution < -0.4 is 0 Å². The Morgan fingerprint density at radius 1 is 0.943 bits per heavy atom. The van der Waals surface area contributed by atoms with Gasteiger partial charge in [-0.2, -0.15) is 0 Å². The summed E-state index contributed by atoms with van der Waals surface area (Å²) in [5.41, 5.74) is 9.47. The topological polar surface area (TPSA) is 46.5 Å². The van der Waals surface area contributed by atoms with Crippen molar-refractivity contribution >= 4 is 5.97 Å². The molecular formula is C32H36O3. The van der Waals surface area contributed by atoms with Crippen LogP contribution in [0.5, 0.6) is 0 Å². The molecule has 1 N–H and O–H groups in total. The molecule has 0 spiro atoms. The van der Waals surface area contributed by atoms with Crippen LogP contribution in [0, 0.1) is 6.92 Å². The molecule has 0 amide bonds. The maximum atomic E-state index is 11.6. The Hall–Kier alpha value is -3.17. The van der Waals surface area contributed by atoms with Crippen LogP contribution in [0.1, 0.15) is 66.7 Å². The Kier molecular flexibility index (Phi) is 8.54. The number of hydrogen-bond acceptors (Lipinski definition) is 3. The lowest BCUT2D eigenvalue weighted by Crippen LogP contribution is -2.04. The first kappa shape index (κ1) is 24.9. The van der Waals surface area contributed by atoms with Crippen molar-refractivity contribution in [2.45, 2.75) is 64.4 Å². The number of hydrogen-bond donors (Lipinski definition) is 1. The standard InChI is InChI=1S/C32H36O3/c1-3-32(34)35-22-30-21-29(16-15-25(30)10-7-19-33)31-18-17-28(20-23(31)2)27-13-11-26(12-14-27)24-8-5-4-6-9-24/h3,11-18,20-21,24,33H,1,4-10,19,22H2,2H3. The second-order valence-corrected chi connectivity index (χ2v) is 9.61. The van der Waals surface area contributed by atoms with E-state index in [1.165, 1.54) is 60.4 Å². The minimum atomic E-state index is -0.432. The molecule has 4 rings (SSSR count). The zero-order valence-corrected chi connectivity index (χ0v) is 20.8. The molecule has 0 heterocycles. The predicted octanol–water partition coefficient (Wildman–Crippen LogP) is 7.53. The van der Waals surface area contributed by atoms with Crippen molar-refractivity contribution in [2.75, 3.05) is 6.61 Å². The minimum absolute atomic E-state index is 0.135. The molecule has 1 aliphatic rings. The number of carbonyl (C=O) groups excluding carboxylic acids is 1. The third-order valence-corrected chi connectivity index (χ3v) is 7.21. The van der Waals surface area contributed by atoms with Crippen LogP contribution in [0.4, 0.5) is 0 Å². The highest BCUT2D eigenvalue weighted by molar-refractivity contribution is 5.81. The van der Waals surface area contributed by atoms with Crippen LogP contribution >= 0.6 is 0 Å². The summed E-state index contributed by atoms with van der Waals surface area (Å²) < 4.78 is 5.33. The number of carbonyl (C=O) groups is 1. The van der Waals surface area contributed by atoms with E-state index in [0.29, 0.717) is 6.42 Å². The normalized spacial score (nSPS) is 14.0. The van der Waals surface area contributed by atoms with Crippen LogP contribution in [0.2, 0.25) is 0 Å². The van der Waals surface area contributed by atoms with E-state index in [9.17, 15) is 9.90 Å². The number of aryl methyl sites for hydroxylation is 2. The van der Waals surface area contributed by atoms with Gasteiger partial charge in [-0.15, -0.1) is 0 Å². The van der Waals surface area contributed by atoms with Gasteiger partial charge in [0.25, 0.3) is 0 Å². The first-order valence-electron chi connectivity index (χ1n) is 12.8. The van der Waals surface area contributed by atoms with E-state index >= 15 is 0 Å². The van der Waals surface area contributed by atoms with Gasteiger partial charge in [-0.1, -0.05) is 80.4 Å². The van der Waals surface area contributed by atoms with Gasteiger partial charge in [0.2, 0.25) is 0 Å². The summed E-state index contributed by atoms with van der Waals surface area (Å²) in [6.45, 7) is 5.95. The Morgan fingerprint density at radius 3 is 2.34 bits per heavy atom. The predicted molar refractivity (Wildman–Crippen MR) is 143 cm³/mol. The number of ether oxygens (including phenoxy) is 1. The average molecular weight is 469 g/mol. The fourth-order valence-electron chi connectivity index (χ4n) is 5.20. The maximum Gasteiger partial charge on any atom is 0.330 e. The Labute approximate surface area is 209 Å². The van der Waals surface area contributed by atoms with E-state index in [1.54, 1.807) is 0 Å². The van der Waals surface area contributed by atoms with Gasteiger partial charge in [-0.05, 0) is 89.1 Å². The van der Waals surface area contributed by atoms with Gasteiger partial charge in [-0.25, -0.2) is 4.79 Å². The molecule has 182 valence electrons. The summed E-state index contributed by atoms with van der Waals surface area (Å²) in [4.78, 5) is 11.6. The fraction of sp³-hybridized carbons (Fsp3) is 0.344. The summed E-state index contributed by atoms with van der Waals surface area (Å²) in [5.74, 6) is 0.292. The van der Waals surface area contributed by atoms with Crippen LogP contribution in [0.15, 0.2) is 73.3 Å². The molecule has 0 aromatic heterocycles. The molecule has 1 fully saturated rings. The molecule has 3 nitrogen and oxygen atoms in total. The molecule has 0 unspecified atom stereocenters. The van der Waals surface area contributed by atoms with E-state index < -0.39 is 5.97 Å². The van der Waals surface area contributed by atoms with Gasteiger partial charge in [0.1, 0.15) is 6.61 Å². The summed E-state index contributed by atoms with van der Waals surface area (Å²) in [7, 11) is 0. The van der Waals surface area contributed by atoms with E-state index in [2.05, 4.69) is 74.2 Å². The third kappa shape index (κ3) is 6.29. The van der Waals surface area contributed by atoms with Crippen molar-refractivity contribution in [2.24, 2.45) is 0 Å². The Balaban J connectivity index is 1.56. The Morgan fingerprint density at radius 2 is 1.66 bits per heavy atom. The lowest BCUT2D eigenvalue weighted by Gasteiger charge is -2.22. The van der Waals surface area contributed by atoms with Crippen LogP contribution in [0.3, 0.4) is 0 Å². The smallest absolute Gasteiger partial charge is 0.330 e. The minimum Gasteiger partial charge on any atom is -0.458 e. The van der Waals surface area contributed by atoms with Gasteiger partial charge >= 0.3 is 5.97 Å². The van der Waals surface area contributed by atoms with Gasteiger partial charge in [0.15, 0.2) is 0 Å². The van der Waals surface area contributed by atoms with E-state index in [0.717, 1.165) is 34.6 Å². The first-order chi connectivity index (χ1) is 17.1. The van der Waals surface area contributed by atoms with Crippen molar-refractivity contribution < 1.29 is 14.6 Å². The van der Waals surface area contributed by atoms with Crippen LogP contribution in [-0.2, 0) is 22.6 Å². The van der Waals surface area contributed by atoms with Crippen molar-refractivity contribution in [3.63, 3.8) is 0 Å². The molecule has 1 saturated carbocycles. The molecule has 0 bridgehead atoms. The van der Waals surface area contributed by atoms with Crippen LogP contribution in [-0.4, -0.2) is 17.7 Å². The maximum absolute atomic E-state index is 11.6. The molecule has 35 heavy (non-hydrogen) atoms. The van der Waals surface area contributed by atoms with Crippen molar-refractivity contribution in [1.82, 2.24) is 0 Å². The quantitative estimate of drug-likeness (QED) is 0.261. The molecule has 3 aromatic carbocycles. The summed E-state index contributed by atoms with van der Waals surface area (Å²) in [6, 6.07) is 22.1. The molecular weight excluding hydrogens is 432 g/mol. The SMILES string of the molecule is C=CC(=O)OCc1cc(-c2ccc(-c3ccc(C4CCCCC4)cc3)cc2C)ccc1CCCO. The summed E-state index contributed by atoms with van der Waals surface area (Å²) in [5, 5.41) is 9.25. The third-order valence-electron chi connectivity index (χ3n) is 7.21. The highest BCUT2D eigenvalue weighted by atomic mass is 16.5. The van der Waals surface area contributed by atoms with Gasteiger partial charge in [0, 0.05) is 12.7 Å². The van der Waals surface area contributed by atoms with Crippen molar-refractivity contribution in [3.05, 3.63) is 95.6 Å². The van der Waals surface area contributed by atoms with Gasteiger partial charge < -0.3 is 9.84 Å². The summed E-state index contributed by atoms with van der Waals surface area (Å²) in [6.07, 6.45) is 9.33. The van der Waals surface area contributed by atoms with E-state index in [-0.39, 0.29) is 13.2 Å². The lowest BCUT2D eigenvalue weighted by molar-refractivity contribution is -0.138. The fourth-order valence-corrected chi connectivity index (χ4v) is 5.20. The van der Waals surface area contributed by atoms with Gasteiger partial charge in [-0.3, -0.25) is 0 Å². The van der Waals surface area contributed by atoms with Gasteiger partial charge in [0.05, 0.1) is 0 Å². The molecule has 0 aliphatic heterocycles. The number of esters is 1. The zero-order chi connectivity index (χ0) is 24.6. The monoisotopic (exact) mass is 468 g/mol. The second kappa shape index (κ2) is 12.0. The Bertz CT molecular complexity index is 1150. The highest BCUT2D eigenvalue weighted by Gasteiger charge is 2.15. The van der Waals surface area contributed by atoms with Crippen molar-refractivity contribution in [1.29, 1.82) is 0 Å². The molecule has 0 saturated heterocycles. The van der Waals surface area contributed by atoms with E-state index in [4.69, 9.17) is 4.74 Å². The molecule has 1 aliphatic carbocycles. The number of benzene rings is 3. The van der Waals surface area contributed by atoms with E-state index in [1.807, 2.05) is 0 Å². The number of aliphatic hydroxyl groups is 1. The molecule has 3 heteroatoms. The number of aliphatic hydroxyl groups excluding tert-OH is 1. The number of rotatable bonds is 9. The average Bonchev–Trinajstić information content (AvgIpc) is 2.91. The largest absolute Gasteiger partial charge is 0.458 e. The van der Waals surface area contributed by atoms with Crippen molar-refractivity contribution in [3.8, 4) is 22.3 Å². The highest BCUT2D eigenvalue weighted by Crippen LogP contribution is 2.35.